The number of hydrogen-bond donors (Lipinski definition) is 1. The van der Waals surface area contributed by atoms with E-state index in [-0.39, 0.29) is 10.4 Å². The minimum Gasteiger partial charge on any atom is -0.444 e. The number of nitrogens with two attached hydrogens (primary N) is 1. The Balaban J connectivity index is 2.40. The van der Waals surface area contributed by atoms with Crippen LogP contribution < -0.4 is 5.73 Å². The number of rotatable bonds is 1. The summed E-state index contributed by atoms with van der Waals surface area (Å²) in [7, 11) is 0. The van der Waals surface area contributed by atoms with Crippen LogP contribution in [0, 0.1) is 0 Å². The van der Waals surface area contributed by atoms with E-state index in [4.69, 9.17) is 10.2 Å². The summed E-state index contributed by atoms with van der Waals surface area (Å²) in [6.45, 7) is 0. The number of furan rings is 1. The summed E-state index contributed by atoms with van der Waals surface area (Å²) >= 11 is 2.95. The van der Waals surface area contributed by atoms with Gasteiger partial charge in [-0.1, -0.05) is 0 Å². The van der Waals surface area contributed by atoms with Crippen LogP contribution in [0.4, 0.5) is 19.1 Å². The molecule has 2 rings (SSSR count). The Morgan fingerprint density at radius 1 is 1.44 bits per heavy atom. The third-order valence-electron chi connectivity index (χ3n) is 1.86. The molecule has 10 heteroatoms. The Labute approximate surface area is 106 Å². The van der Waals surface area contributed by atoms with Crippen molar-refractivity contribution >= 4 is 27.8 Å². The molecule has 0 fully saturated rings. The summed E-state index contributed by atoms with van der Waals surface area (Å²) < 4.78 is 42.4. The first-order valence-electron chi connectivity index (χ1n) is 4.39. The minimum atomic E-state index is -4.77. The maximum atomic E-state index is 12.3. The molecular formula is C8H4BrF3N4O2. The first-order valence-corrected chi connectivity index (χ1v) is 5.18. The van der Waals surface area contributed by atoms with Crippen molar-refractivity contribution in [2.45, 2.75) is 6.18 Å². The third-order valence-corrected chi connectivity index (χ3v) is 2.29. The molecular weight excluding hydrogens is 321 g/mol. The van der Waals surface area contributed by atoms with Gasteiger partial charge in [0.1, 0.15) is 0 Å². The molecule has 0 bridgehead atoms. The summed E-state index contributed by atoms with van der Waals surface area (Å²) in [5.41, 5.74) is 5.20. The van der Waals surface area contributed by atoms with E-state index in [0.717, 1.165) is 0 Å². The lowest BCUT2D eigenvalue weighted by Crippen LogP contribution is -2.16. The van der Waals surface area contributed by atoms with Crippen LogP contribution in [0.3, 0.4) is 0 Å². The molecule has 0 aliphatic heterocycles. The molecule has 6 nitrogen and oxygen atoms in total. The van der Waals surface area contributed by atoms with Crippen molar-refractivity contribution in [2.75, 3.05) is 5.73 Å². The molecule has 2 N–H and O–H groups in total. The molecule has 0 amide bonds. The normalized spacial score (nSPS) is 11.8. The van der Waals surface area contributed by atoms with Gasteiger partial charge in [-0.15, -0.1) is 5.10 Å². The Morgan fingerprint density at radius 3 is 2.56 bits per heavy atom. The summed E-state index contributed by atoms with van der Waals surface area (Å²) in [5.74, 6) is -3.31. The Bertz CT molecular complexity index is 604. The van der Waals surface area contributed by atoms with Gasteiger partial charge in [-0.05, 0) is 28.1 Å². The van der Waals surface area contributed by atoms with E-state index in [2.05, 4.69) is 26.0 Å². The summed E-state index contributed by atoms with van der Waals surface area (Å²) in [6.07, 6.45) is -4.77. The lowest BCUT2D eigenvalue weighted by atomic mass is 10.4. The molecule has 96 valence electrons. The fourth-order valence-corrected chi connectivity index (χ4v) is 1.43. The van der Waals surface area contributed by atoms with Gasteiger partial charge >= 0.3 is 12.1 Å². The van der Waals surface area contributed by atoms with E-state index in [1.54, 1.807) is 0 Å². The van der Waals surface area contributed by atoms with Gasteiger partial charge < -0.3 is 10.2 Å². The molecule has 2 aromatic heterocycles. The van der Waals surface area contributed by atoms with Gasteiger partial charge in [0, 0.05) is 0 Å². The Kier molecular flexibility index (Phi) is 2.89. The van der Waals surface area contributed by atoms with Gasteiger partial charge in [-0.2, -0.15) is 22.8 Å². The third kappa shape index (κ3) is 2.23. The van der Waals surface area contributed by atoms with Gasteiger partial charge in [0.15, 0.2) is 10.4 Å². The van der Waals surface area contributed by atoms with Gasteiger partial charge in [0.25, 0.3) is 5.82 Å². The molecule has 2 aromatic rings. The van der Waals surface area contributed by atoms with E-state index in [1.807, 2.05) is 0 Å². The predicted molar refractivity (Wildman–Crippen MR) is 55.6 cm³/mol. The van der Waals surface area contributed by atoms with Gasteiger partial charge in [0.2, 0.25) is 5.95 Å². The highest BCUT2D eigenvalue weighted by Crippen LogP contribution is 2.27. The van der Waals surface area contributed by atoms with Gasteiger partial charge in [0.05, 0.1) is 0 Å². The van der Waals surface area contributed by atoms with Gasteiger partial charge in [-0.25, -0.2) is 0 Å². The van der Waals surface area contributed by atoms with E-state index < -0.39 is 23.9 Å². The highest BCUT2D eigenvalue weighted by Gasteiger charge is 2.37. The number of nitrogen functional groups attached to an aromatic ring is 1. The minimum absolute atomic E-state index is 0.216. The molecule has 0 atom stereocenters. The smallest absolute Gasteiger partial charge is 0.444 e. The molecule has 0 aliphatic rings. The lowest BCUT2D eigenvalue weighted by molar-refractivity contribution is -0.144. The molecule has 0 unspecified atom stereocenters. The monoisotopic (exact) mass is 324 g/mol. The maximum absolute atomic E-state index is 12.3. The number of aromatic nitrogens is 3. The second-order valence-corrected chi connectivity index (χ2v) is 3.89. The number of halogens is 4. The van der Waals surface area contributed by atoms with E-state index >= 15 is 0 Å². The van der Waals surface area contributed by atoms with Crippen molar-refractivity contribution in [3.05, 3.63) is 28.4 Å². The van der Waals surface area contributed by atoms with Crippen LogP contribution in [-0.2, 0) is 6.18 Å². The van der Waals surface area contributed by atoms with Crippen LogP contribution in [0.2, 0.25) is 0 Å². The van der Waals surface area contributed by atoms with E-state index in [0.29, 0.717) is 4.68 Å². The van der Waals surface area contributed by atoms with Crippen molar-refractivity contribution in [3.63, 3.8) is 0 Å². The van der Waals surface area contributed by atoms with E-state index in [9.17, 15) is 18.0 Å². The highest BCUT2D eigenvalue weighted by atomic mass is 79.9. The number of nitrogens with zero attached hydrogens (tertiary/aromatic N) is 3. The van der Waals surface area contributed by atoms with Crippen molar-refractivity contribution < 1.29 is 22.4 Å². The largest absolute Gasteiger partial charge is 0.453 e. The molecule has 0 aromatic carbocycles. The predicted octanol–water partition coefficient (Wildman–Crippen LogP) is 1.92. The van der Waals surface area contributed by atoms with Crippen LogP contribution in [0.15, 0.2) is 21.2 Å². The van der Waals surface area contributed by atoms with Crippen LogP contribution in [0.25, 0.3) is 0 Å². The van der Waals surface area contributed by atoms with Crippen molar-refractivity contribution in [1.82, 2.24) is 14.8 Å². The summed E-state index contributed by atoms with van der Waals surface area (Å²) in [5, 5.41) is 3.00. The van der Waals surface area contributed by atoms with Gasteiger partial charge in [-0.3, -0.25) is 4.79 Å². The highest BCUT2D eigenvalue weighted by molar-refractivity contribution is 9.10. The zero-order valence-electron chi connectivity index (χ0n) is 8.40. The number of alkyl halides is 3. The Hall–Kier alpha value is -1.84. The Morgan fingerprint density at radius 2 is 2.11 bits per heavy atom. The average molecular weight is 325 g/mol. The second-order valence-electron chi connectivity index (χ2n) is 3.11. The molecule has 0 saturated carbocycles. The maximum Gasteiger partial charge on any atom is 0.453 e. The van der Waals surface area contributed by atoms with Crippen molar-refractivity contribution in [1.29, 1.82) is 0 Å². The zero-order valence-corrected chi connectivity index (χ0v) is 9.99. The van der Waals surface area contributed by atoms with Crippen LogP contribution in [0.1, 0.15) is 16.4 Å². The van der Waals surface area contributed by atoms with Crippen molar-refractivity contribution in [2.24, 2.45) is 0 Å². The molecule has 0 radical (unpaired) electrons. The number of anilines is 1. The second kappa shape index (κ2) is 4.12. The fraction of sp³-hybridized carbons (Fsp3) is 0.125. The summed E-state index contributed by atoms with van der Waals surface area (Å²) in [4.78, 5) is 14.7. The molecule has 0 aliphatic carbocycles. The lowest BCUT2D eigenvalue weighted by Gasteiger charge is -1.98. The number of carbonyl (C=O) groups is 1. The SMILES string of the molecule is Nc1nc(C(F)(F)F)nn1C(=O)c1ccc(Br)o1. The fourth-order valence-electron chi connectivity index (χ4n) is 1.13. The topological polar surface area (TPSA) is 86.9 Å². The van der Waals surface area contributed by atoms with Crippen molar-refractivity contribution in [3.8, 4) is 0 Å². The molecule has 2 heterocycles. The molecule has 0 spiro atoms. The molecule has 18 heavy (non-hydrogen) atoms. The van der Waals surface area contributed by atoms with Crippen LogP contribution in [0.5, 0.6) is 0 Å². The first-order chi connectivity index (χ1) is 8.29. The standard InChI is InChI=1S/C8H4BrF3N4O2/c9-4-2-1-3(18-4)5(17)16-7(13)14-6(15-16)8(10,11)12/h1-2H,(H2,13,14,15). The van der Waals surface area contributed by atoms with Crippen LogP contribution in [-0.4, -0.2) is 20.7 Å². The van der Waals surface area contributed by atoms with E-state index in [1.165, 1.54) is 12.1 Å². The average Bonchev–Trinajstić information content (AvgIpc) is 2.83. The first kappa shape index (κ1) is 12.6. The number of hydrogen-bond acceptors (Lipinski definition) is 5. The quantitative estimate of drug-likeness (QED) is 0.866. The molecule has 0 saturated heterocycles. The van der Waals surface area contributed by atoms with Crippen LogP contribution >= 0.6 is 15.9 Å². The summed E-state index contributed by atoms with van der Waals surface area (Å²) in [6, 6.07) is 2.67. The zero-order chi connectivity index (χ0) is 13.5. The number of carbonyl (C=O) groups excluding carboxylic acids is 1.